The molecule has 6 unspecified atom stereocenters. The molecule has 0 aliphatic heterocycles. The van der Waals surface area contributed by atoms with Crippen molar-refractivity contribution in [3.05, 3.63) is 0 Å². The van der Waals surface area contributed by atoms with Gasteiger partial charge in [-0.2, -0.15) is 0 Å². The van der Waals surface area contributed by atoms with Gasteiger partial charge in [0.05, 0.1) is 0 Å². The quantitative estimate of drug-likeness (QED) is 0.574. The van der Waals surface area contributed by atoms with Gasteiger partial charge in [-0.15, -0.1) is 0 Å². The Hall–Kier alpha value is 0. The molecule has 0 aromatic rings. The second-order valence-corrected chi connectivity index (χ2v) is 6.35. The third kappa shape index (κ3) is 0.567. The molecule has 3 aliphatic carbocycles. The zero-order chi connectivity index (χ0) is 9.43. The summed E-state index contributed by atoms with van der Waals surface area (Å²) < 4.78 is 0. The maximum absolute atomic E-state index is 2.58. The van der Waals surface area contributed by atoms with Crippen LogP contribution in [-0.4, -0.2) is 0 Å². The van der Waals surface area contributed by atoms with Crippen LogP contribution in [0.15, 0.2) is 0 Å². The van der Waals surface area contributed by atoms with E-state index in [4.69, 9.17) is 0 Å². The monoisotopic (exact) mass is 178 g/mol. The lowest BCUT2D eigenvalue weighted by Gasteiger charge is -2.84. The Morgan fingerprint density at radius 1 is 1.31 bits per heavy atom. The fourth-order valence-corrected chi connectivity index (χ4v) is 5.66. The van der Waals surface area contributed by atoms with Crippen LogP contribution in [0, 0.1) is 34.5 Å². The second kappa shape index (κ2) is 1.99. The van der Waals surface area contributed by atoms with Crippen LogP contribution < -0.4 is 0 Å². The van der Waals surface area contributed by atoms with Crippen molar-refractivity contribution in [2.45, 2.75) is 47.0 Å². The predicted molar refractivity (Wildman–Crippen MR) is 55.4 cm³/mol. The summed E-state index contributed by atoms with van der Waals surface area (Å²) in [6, 6.07) is 0. The Morgan fingerprint density at radius 2 is 2.00 bits per heavy atom. The molecule has 0 aromatic carbocycles. The SMILES string of the molecule is CCC1CC2C3C(C)CC3(C)C12C. The van der Waals surface area contributed by atoms with Crippen molar-refractivity contribution in [2.24, 2.45) is 34.5 Å². The van der Waals surface area contributed by atoms with Gasteiger partial charge in [0.2, 0.25) is 0 Å². The molecule has 0 heteroatoms. The summed E-state index contributed by atoms with van der Waals surface area (Å²) in [5, 5.41) is 0. The molecule has 0 spiro atoms. The molecule has 0 bridgehead atoms. The van der Waals surface area contributed by atoms with Crippen LogP contribution in [0.3, 0.4) is 0 Å². The third-order valence-corrected chi connectivity index (χ3v) is 6.41. The fraction of sp³-hybridized carbons (Fsp3) is 1.00. The van der Waals surface area contributed by atoms with Gasteiger partial charge in [0.15, 0.2) is 0 Å². The van der Waals surface area contributed by atoms with E-state index in [1.165, 1.54) is 12.8 Å². The minimum absolute atomic E-state index is 0.760. The first-order valence-corrected chi connectivity index (χ1v) is 6.05. The molecule has 0 radical (unpaired) electrons. The largest absolute Gasteiger partial charge is 0.0651 e. The zero-order valence-electron chi connectivity index (χ0n) is 9.43. The first-order valence-electron chi connectivity index (χ1n) is 6.05. The molecule has 0 saturated heterocycles. The second-order valence-electron chi connectivity index (χ2n) is 6.35. The molecule has 3 rings (SSSR count). The number of hydrogen-bond acceptors (Lipinski definition) is 0. The molecular weight excluding hydrogens is 156 g/mol. The minimum atomic E-state index is 0.760. The number of hydrogen-bond donors (Lipinski definition) is 0. The molecule has 0 amide bonds. The van der Waals surface area contributed by atoms with E-state index in [1.807, 2.05) is 0 Å². The van der Waals surface area contributed by atoms with Crippen molar-refractivity contribution in [3.63, 3.8) is 0 Å². The lowest BCUT2D eigenvalue weighted by Crippen LogP contribution is -2.78. The van der Waals surface area contributed by atoms with Crippen molar-refractivity contribution in [1.29, 1.82) is 0 Å². The van der Waals surface area contributed by atoms with E-state index in [1.54, 1.807) is 6.42 Å². The van der Waals surface area contributed by atoms with Crippen LogP contribution in [0.25, 0.3) is 0 Å². The van der Waals surface area contributed by atoms with E-state index in [0.717, 1.165) is 34.5 Å². The molecule has 3 fully saturated rings. The lowest BCUT2D eigenvalue weighted by atomic mass is 9.20. The third-order valence-electron chi connectivity index (χ3n) is 6.41. The van der Waals surface area contributed by atoms with E-state index in [-0.39, 0.29) is 0 Å². The average molecular weight is 178 g/mol. The van der Waals surface area contributed by atoms with Crippen molar-refractivity contribution < 1.29 is 0 Å². The van der Waals surface area contributed by atoms with Crippen molar-refractivity contribution >= 4 is 0 Å². The molecule has 6 atom stereocenters. The lowest BCUT2D eigenvalue weighted by molar-refractivity contribution is -0.365. The Morgan fingerprint density at radius 3 is 2.46 bits per heavy atom. The molecule has 74 valence electrons. The summed E-state index contributed by atoms with van der Waals surface area (Å²) in [5.74, 6) is 4.33. The van der Waals surface area contributed by atoms with Crippen LogP contribution >= 0.6 is 0 Å². The Balaban J connectivity index is 1.88. The highest BCUT2D eigenvalue weighted by molar-refractivity contribution is 5.27. The molecular formula is C13H22. The van der Waals surface area contributed by atoms with Crippen LogP contribution in [0.5, 0.6) is 0 Å². The summed E-state index contributed by atoms with van der Waals surface area (Å²) >= 11 is 0. The fourth-order valence-electron chi connectivity index (χ4n) is 5.66. The molecule has 3 saturated carbocycles. The summed E-state index contributed by atoms with van der Waals surface area (Å²) in [4.78, 5) is 0. The van der Waals surface area contributed by atoms with Gasteiger partial charge in [0.25, 0.3) is 0 Å². The zero-order valence-corrected chi connectivity index (χ0v) is 9.43. The van der Waals surface area contributed by atoms with Gasteiger partial charge in [0.1, 0.15) is 0 Å². The minimum Gasteiger partial charge on any atom is -0.0651 e. The van der Waals surface area contributed by atoms with E-state index in [2.05, 4.69) is 27.7 Å². The maximum atomic E-state index is 2.58. The van der Waals surface area contributed by atoms with E-state index < -0.39 is 0 Å². The van der Waals surface area contributed by atoms with Gasteiger partial charge >= 0.3 is 0 Å². The Kier molecular flexibility index (Phi) is 1.27. The average Bonchev–Trinajstić information content (AvgIpc) is 2.09. The predicted octanol–water partition coefficient (Wildman–Crippen LogP) is 3.71. The van der Waals surface area contributed by atoms with Gasteiger partial charge in [-0.3, -0.25) is 0 Å². The van der Waals surface area contributed by atoms with Crippen LogP contribution in [0.4, 0.5) is 0 Å². The highest BCUT2D eigenvalue weighted by Crippen LogP contribution is 2.85. The van der Waals surface area contributed by atoms with Gasteiger partial charge in [0, 0.05) is 0 Å². The molecule has 0 heterocycles. The standard InChI is InChI=1S/C13H22/c1-5-9-6-10-11-8(2)7-12(11,3)13(9,10)4/h8-11H,5-7H2,1-4H3. The highest BCUT2D eigenvalue weighted by atomic mass is 14.8. The first kappa shape index (κ1) is 8.32. The summed E-state index contributed by atoms with van der Waals surface area (Å²) in [6.45, 7) is 9.99. The molecule has 0 N–H and O–H groups in total. The number of fused-ring (bicyclic) bond motifs is 4. The molecule has 0 nitrogen and oxygen atoms in total. The number of rotatable bonds is 1. The topological polar surface area (TPSA) is 0 Å². The van der Waals surface area contributed by atoms with Crippen LogP contribution in [-0.2, 0) is 0 Å². The maximum Gasteiger partial charge on any atom is -0.0209 e. The first-order chi connectivity index (χ1) is 6.05. The molecule has 3 aliphatic rings. The van der Waals surface area contributed by atoms with Crippen molar-refractivity contribution in [3.8, 4) is 0 Å². The summed E-state index contributed by atoms with van der Waals surface area (Å²) in [6.07, 6.45) is 4.49. The molecule has 13 heavy (non-hydrogen) atoms. The van der Waals surface area contributed by atoms with Crippen LogP contribution in [0.1, 0.15) is 47.0 Å². The Labute approximate surface area is 82.1 Å². The smallest absolute Gasteiger partial charge is 0.0209 e. The van der Waals surface area contributed by atoms with Gasteiger partial charge in [-0.05, 0) is 47.3 Å². The van der Waals surface area contributed by atoms with Crippen molar-refractivity contribution in [2.75, 3.05) is 0 Å². The normalized spacial score (nSPS) is 68.3. The van der Waals surface area contributed by atoms with E-state index in [9.17, 15) is 0 Å². The Bertz CT molecular complexity index is 257. The highest BCUT2D eigenvalue weighted by Gasteiger charge is 2.79. The van der Waals surface area contributed by atoms with Crippen molar-refractivity contribution in [1.82, 2.24) is 0 Å². The summed E-state index contributed by atoms with van der Waals surface area (Å²) in [7, 11) is 0. The van der Waals surface area contributed by atoms with Gasteiger partial charge < -0.3 is 0 Å². The van der Waals surface area contributed by atoms with E-state index in [0.29, 0.717) is 0 Å². The van der Waals surface area contributed by atoms with E-state index >= 15 is 0 Å². The van der Waals surface area contributed by atoms with Gasteiger partial charge in [-0.1, -0.05) is 34.1 Å². The summed E-state index contributed by atoms with van der Waals surface area (Å²) in [5.41, 5.74) is 1.52. The molecule has 0 aromatic heterocycles. The van der Waals surface area contributed by atoms with Gasteiger partial charge in [-0.25, -0.2) is 0 Å². The van der Waals surface area contributed by atoms with Crippen LogP contribution in [0.2, 0.25) is 0 Å².